The van der Waals surface area contributed by atoms with Gasteiger partial charge in [0.05, 0.1) is 5.69 Å². The molecule has 1 atom stereocenters. The van der Waals surface area contributed by atoms with Crippen LogP contribution in [0.25, 0.3) is 22.2 Å². The topological polar surface area (TPSA) is 57.8 Å². The standard InChI is InChI=1S/C23H20ClF2N3OS/c1-2-9-31(30)29-21-8-7-20(25)19(22(21)26)11-16-13-28-23-18(16)10-15(12-27-23)14-3-5-17(24)6-4-14/h3-8,10,12-13,29H,2,9,11H2,1H3,(H,27,28). The molecule has 0 bridgehead atoms. The number of H-pyrrole nitrogens is 1. The van der Waals surface area contributed by atoms with Crippen LogP contribution < -0.4 is 4.72 Å². The maximum Gasteiger partial charge on any atom is 0.153 e. The lowest BCUT2D eigenvalue weighted by Crippen LogP contribution is -2.11. The van der Waals surface area contributed by atoms with Gasteiger partial charge in [0, 0.05) is 46.1 Å². The number of aromatic nitrogens is 2. The van der Waals surface area contributed by atoms with Crippen LogP contribution in [0.4, 0.5) is 14.5 Å². The predicted molar refractivity (Wildman–Crippen MR) is 123 cm³/mol. The highest BCUT2D eigenvalue weighted by Crippen LogP contribution is 2.29. The molecule has 2 aromatic heterocycles. The van der Waals surface area contributed by atoms with E-state index in [1.165, 1.54) is 12.1 Å². The highest BCUT2D eigenvalue weighted by molar-refractivity contribution is 7.86. The zero-order valence-electron chi connectivity index (χ0n) is 16.7. The number of hydrogen-bond donors (Lipinski definition) is 2. The molecule has 0 saturated carbocycles. The highest BCUT2D eigenvalue weighted by atomic mass is 35.5. The van der Waals surface area contributed by atoms with E-state index in [4.69, 9.17) is 11.6 Å². The normalized spacial score (nSPS) is 12.3. The Morgan fingerprint density at radius 1 is 1.13 bits per heavy atom. The van der Waals surface area contributed by atoms with Crippen molar-refractivity contribution in [1.82, 2.24) is 9.97 Å². The number of pyridine rings is 1. The predicted octanol–water partition coefficient (Wildman–Crippen LogP) is 6.24. The van der Waals surface area contributed by atoms with Crippen LogP contribution in [0, 0.1) is 11.6 Å². The Hall–Kier alpha value is -2.77. The fourth-order valence-electron chi connectivity index (χ4n) is 3.39. The summed E-state index contributed by atoms with van der Waals surface area (Å²) in [7, 11) is -1.42. The molecule has 1 unspecified atom stereocenters. The minimum absolute atomic E-state index is 0.0271. The van der Waals surface area contributed by atoms with Crippen LogP contribution in [0.3, 0.4) is 0 Å². The minimum Gasteiger partial charge on any atom is -0.346 e. The summed E-state index contributed by atoms with van der Waals surface area (Å²) in [6.07, 6.45) is 4.16. The van der Waals surface area contributed by atoms with Crippen molar-refractivity contribution in [2.24, 2.45) is 0 Å². The van der Waals surface area contributed by atoms with Gasteiger partial charge in [0.25, 0.3) is 0 Å². The number of anilines is 1. The van der Waals surface area contributed by atoms with Crippen LogP contribution in [0.15, 0.2) is 54.9 Å². The van der Waals surface area contributed by atoms with Crippen molar-refractivity contribution in [3.8, 4) is 11.1 Å². The van der Waals surface area contributed by atoms with E-state index >= 15 is 4.39 Å². The maximum atomic E-state index is 15.0. The number of halogens is 3. The van der Waals surface area contributed by atoms with Gasteiger partial charge >= 0.3 is 0 Å². The van der Waals surface area contributed by atoms with Crippen molar-refractivity contribution >= 4 is 39.3 Å². The molecule has 0 amide bonds. The Morgan fingerprint density at radius 2 is 1.90 bits per heavy atom. The van der Waals surface area contributed by atoms with Gasteiger partial charge in [-0.15, -0.1) is 0 Å². The fourth-order valence-corrected chi connectivity index (χ4v) is 4.39. The lowest BCUT2D eigenvalue weighted by molar-refractivity contribution is 0.564. The molecule has 2 aromatic carbocycles. The number of hydrogen-bond acceptors (Lipinski definition) is 2. The SMILES string of the molecule is CCCS(=O)Nc1ccc(F)c(Cc2c[nH]c3ncc(-c4ccc(Cl)cc4)cc23)c1F. The lowest BCUT2D eigenvalue weighted by Gasteiger charge is -2.11. The smallest absolute Gasteiger partial charge is 0.153 e. The minimum atomic E-state index is -1.42. The van der Waals surface area contributed by atoms with Gasteiger partial charge in [0.2, 0.25) is 0 Å². The third-order valence-corrected chi connectivity index (χ3v) is 6.44. The zero-order valence-corrected chi connectivity index (χ0v) is 18.3. The molecule has 0 radical (unpaired) electrons. The third kappa shape index (κ3) is 4.62. The number of fused-ring (bicyclic) bond motifs is 1. The van der Waals surface area contributed by atoms with E-state index in [0.29, 0.717) is 28.4 Å². The van der Waals surface area contributed by atoms with E-state index in [9.17, 15) is 8.60 Å². The zero-order chi connectivity index (χ0) is 22.0. The summed E-state index contributed by atoms with van der Waals surface area (Å²) in [5.41, 5.74) is 3.10. The first kappa shape index (κ1) is 21.5. The van der Waals surface area contributed by atoms with E-state index in [0.717, 1.165) is 16.5 Å². The van der Waals surface area contributed by atoms with E-state index in [1.54, 1.807) is 24.5 Å². The van der Waals surface area contributed by atoms with E-state index < -0.39 is 22.6 Å². The third-order valence-electron chi connectivity index (χ3n) is 4.96. The van der Waals surface area contributed by atoms with E-state index in [1.807, 2.05) is 25.1 Å². The number of benzene rings is 2. The number of aromatic amines is 1. The van der Waals surface area contributed by atoms with Crippen molar-refractivity contribution in [1.29, 1.82) is 0 Å². The molecule has 0 saturated heterocycles. The average Bonchev–Trinajstić information content (AvgIpc) is 3.16. The Morgan fingerprint density at radius 3 is 2.65 bits per heavy atom. The van der Waals surface area contributed by atoms with Gasteiger partial charge in [-0.05, 0) is 47.9 Å². The quantitative estimate of drug-likeness (QED) is 0.344. The van der Waals surface area contributed by atoms with E-state index in [-0.39, 0.29) is 17.7 Å². The molecule has 0 aliphatic rings. The summed E-state index contributed by atoms with van der Waals surface area (Å²) in [6, 6.07) is 11.8. The molecule has 4 aromatic rings. The van der Waals surface area contributed by atoms with Crippen LogP contribution in [0.2, 0.25) is 5.02 Å². The maximum absolute atomic E-state index is 15.0. The summed E-state index contributed by atoms with van der Waals surface area (Å²) >= 11 is 5.97. The van der Waals surface area contributed by atoms with E-state index in [2.05, 4.69) is 14.7 Å². The van der Waals surface area contributed by atoms with Gasteiger partial charge in [-0.2, -0.15) is 0 Å². The van der Waals surface area contributed by atoms with Crippen LogP contribution in [-0.2, 0) is 17.4 Å². The average molecular weight is 460 g/mol. The van der Waals surface area contributed by atoms with Crippen molar-refractivity contribution in [3.63, 3.8) is 0 Å². The second-order valence-corrected chi connectivity index (χ2v) is 8.90. The summed E-state index contributed by atoms with van der Waals surface area (Å²) in [4.78, 5) is 7.49. The summed E-state index contributed by atoms with van der Waals surface area (Å²) in [6.45, 7) is 1.88. The molecule has 8 heteroatoms. The van der Waals surface area contributed by atoms with Gasteiger partial charge in [0.15, 0.2) is 5.82 Å². The van der Waals surface area contributed by atoms with Crippen molar-refractivity contribution in [2.45, 2.75) is 19.8 Å². The number of nitrogens with one attached hydrogen (secondary N) is 2. The summed E-state index contributed by atoms with van der Waals surface area (Å²) in [5, 5.41) is 1.42. The molecule has 0 fully saturated rings. The Labute approximate surface area is 186 Å². The first-order valence-electron chi connectivity index (χ1n) is 9.80. The Balaban J connectivity index is 1.69. The molecular formula is C23H20ClF2N3OS. The second-order valence-electron chi connectivity index (χ2n) is 7.16. The van der Waals surface area contributed by atoms with Gasteiger partial charge in [-0.1, -0.05) is 30.7 Å². The lowest BCUT2D eigenvalue weighted by atomic mass is 10.0. The van der Waals surface area contributed by atoms with Crippen LogP contribution in [0.1, 0.15) is 24.5 Å². The molecule has 4 nitrogen and oxygen atoms in total. The second kappa shape index (κ2) is 9.16. The first-order valence-corrected chi connectivity index (χ1v) is 11.5. The number of nitrogens with zero attached hydrogens (tertiary/aromatic N) is 1. The molecule has 2 heterocycles. The van der Waals surface area contributed by atoms with Crippen molar-refractivity contribution in [3.05, 3.63) is 82.6 Å². The van der Waals surface area contributed by atoms with Crippen LogP contribution >= 0.6 is 11.6 Å². The van der Waals surface area contributed by atoms with Gasteiger partial charge in [-0.25, -0.2) is 18.0 Å². The Bertz CT molecular complexity index is 1260. The van der Waals surface area contributed by atoms with Gasteiger partial charge < -0.3 is 9.71 Å². The van der Waals surface area contributed by atoms with Crippen LogP contribution in [0.5, 0.6) is 0 Å². The monoisotopic (exact) mass is 459 g/mol. The summed E-state index contributed by atoms with van der Waals surface area (Å²) in [5.74, 6) is -1.01. The molecule has 0 spiro atoms. The molecule has 4 rings (SSSR count). The first-order chi connectivity index (χ1) is 15.0. The molecule has 2 N–H and O–H groups in total. The molecule has 31 heavy (non-hydrogen) atoms. The van der Waals surface area contributed by atoms with Crippen molar-refractivity contribution < 1.29 is 13.0 Å². The fraction of sp³-hybridized carbons (Fsp3) is 0.174. The van der Waals surface area contributed by atoms with Gasteiger partial charge in [-0.3, -0.25) is 0 Å². The highest BCUT2D eigenvalue weighted by Gasteiger charge is 2.17. The molecule has 160 valence electrons. The largest absolute Gasteiger partial charge is 0.346 e. The molecule has 0 aliphatic carbocycles. The van der Waals surface area contributed by atoms with Gasteiger partial charge in [0.1, 0.15) is 22.5 Å². The molecule has 0 aliphatic heterocycles. The van der Waals surface area contributed by atoms with Crippen LogP contribution in [-0.4, -0.2) is 19.9 Å². The Kier molecular flexibility index (Phi) is 6.34. The number of rotatable bonds is 7. The molecular weight excluding hydrogens is 440 g/mol. The van der Waals surface area contributed by atoms with Crippen molar-refractivity contribution in [2.75, 3.05) is 10.5 Å². The summed E-state index contributed by atoms with van der Waals surface area (Å²) < 4.78 is 44.1.